The van der Waals surface area contributed by atoms with E-state index >= 15 is 0 Å². The van der Waals surface area contributed by atoms with Crippen LogP contribution in [-0.2, 0) is 4.74 Å². The summed E-state index contributed by atoms with van der Waals surface area (Å²) in [5.74, 6) is 1.07. The van der Waals surface area contributed by atoms with Crippen molar-refractivity contribution < 1.29 is 9.84 Å². The van der Waals surface area contributed by atoms with Crippen LogP contribution in [0.1, 0.15) is 40.5 Å². The van der Waals surface area contributed by atoms with Crippen molar-refractivity contribution in [3.05, 3.63) is 0 Å². The number of rotatable bonds is 5. The molecular weight excluding hydrogens is 252 g/mol. The number of hydrogen-bond acceptors (Lipinski definition) is 4. The number of hydrogen-bond donors (Lipinski definition) is 1. The number of ether oxygens (including phenoxy) is 1. The van der Waals surface area contributed by atoms with Crippen LogP contribution in [0.3, 0.4) is 0 Å². The van der Waals surface area contributed by atoms with Crippen molar-refractivity contribution >= 4 is 23.5 Å². The van der Waals surface area contributed by atoms with E-state index in [0.717, 1.165) is 18.6 Å². The summed E-state index contributed by atoms with van der Waals surface area (Å²) >= 11 is 3.94. The van der Waals surface area contributed by atoms with Crippen LogP contribution >= 0.6 is 23.5 Å². The molecule has 1 rings (SSSR count). The lowest BCUT2D eigenvalue weighted by Crippen LogP contribution is -2.36. The van der Waals surface area contributed by atoms with Crippen molar-refractivity contribution in [1.82, 2.24) is 0 Å². The minimum atomic E-state index is -0.197. The zero-order valence-electron chi connectivity index (χ0n) is 11.6. The highest BCUT2D eigenvalue weighted by Crippen LogP contribution is 2.38. The van der Waals surface area contributed by atoms with E-state index in [1.54, 1.807) is 7.11 Å². The minimum Gasteiger partial charge on any atom is -0.392 e. The third-order valence-corrected chi connectivity index (χ3v) is 7.13. The second-order valence-corrected chi connectivity index (χ2v) is 8.52. The molecule has 0 aromatic heterocycles. The van der Waals surface area contributed by atoms with Gasteiger partial charge in [0.15, 0.2) is 0 Å². The Kier molecular flexibility index (Phi) is 6.17. The molecule has 1 N–H and O–H groups in total. The van der Waals surface area contributed by atoms with Gasteiger partial charge in [-0.3, -0.25) is 0 Å². The van der Waals surface area contributed by atoms with Gasteiger partial charge in [0.25, 0.3) is 0 Å². The molecule has 1 fully saturated rings. The van der Waals surface area contributed by atoms with Crippen LogP contribution < -0.4 is 0 Å². The Labute approximate surface area is 114 Å². The van der Waals surface area contributed by atoms with Gasteiger partial charge in [-0.2, -0.15) is 23.5 Å². The molecule has 0 spiro atoms. The zero-order valence-corrected chi connectivity index (χ0v) is 13.2. The summed E-state index contributed by atoms with van der Waals surface area (Å²) in [4.78, 5) is 0. The van der Waals surface area contributed by atoms with Crippen molar-refractivity contribution in [2.24, 2.45) is 0 Å². The molecule has 0 aromatic rings. The van der Waals surface area contributed by atoms with Crippen molar-refractivity contribution in [2.75, 3.05) is 12.9 Å². The van der Waals surface area contributed by atoms with Crippen LogP contribution in [0.15, 0.2) is 0 Å². The Bertz CT molecular complexity index is 233. The second kappa shape index (κ2) is 6.69. The summed E-state index contributed by atoms with van der Waals surface area (Å²) in [6.07, 6.45) is 1.55. The van der Waals surface area contributed by atoms with Gasteiger partial charge in [0.05, 0.1) is 11.7 Å². The zero-order chi connectivity index (χ0) is 13.1. The number of thioether (sulfide) groups is 2. The Morgan fingerprint density at radius 1 is 1.35 bits per heavy atom. The summed E-state index contributed by atoms with van der Waals surface area (Å²) in [6, 6.07) is 0. The first kappa shape index (κ1) is 15.7. The van der Waals surface area contributed by atoms with Gasteiger partial charge < -0.3 is 9.84 Å². The Balaban J connectivity index is 2.35. The first-order valence-electron chi connectivity index (χ1n) is 6.36. The number of aliphatic hydroxyl groups is 1. The molecule has 2 nitrogen and oxygen atoms in total. The molecule has 1 aliphatic rings. The van der Waals surface area contributed by atoms with Gasteiger partial charge in [0.1, 0.15) is 0 Å². The molecule has 4 heteroatoms. The highest BCUT2D eigenvalue weighted by molar-refractivity contribution is 8.07. The fourth-order valence-electron chi connectivity index (χ4n) is 1.79. The molecule has 0 bridgehead atoms. The molecule has 102 valence electrons. The lowest BCUT2D eigenvalue weighted by Gasteiger charge is -2.34. The van der Waals surface area contributed by atoms with Gasteiger partial charge >= 0.3 is 0 Å². The molecule has 0 aromatic carbocycles. The predicted molar refractivity (Wildman–Crippen MR) is 79.1 cm³/mol. The predicted octanol–water partition coefficient (Wildman–Crippen LogP) is 3.18. The fraction of sp³-hybridized carbons (Fsp3) is 1.00. The summed E-state index contributed by atoms with van der Waals surface area (Å²) < 4.78 is 5.39. The lowest BCUT2D eigenvalue weighted by molar-refractivity contribution is 0.00329. The maximum atomic E-state index is 10.2. The SMILES string of the molecule is COC(C)(C)CCC(O)C1CSC(C)C(C)S1. The summed E-state index contributed by atoms with van der Waals surface area (Å²) in [7, 11) is 1.74. The molecule has 0 radical (unpaired) electrons. The molecular formula is C13H26O2S2. The smallest absolute Gasteiger partial charge is 0.0668 e. The van der Waals surface area contributed by atoms with Crippen LogP contribution in [0.4, 0.5) is 0 Å². The van der Waals surface area contributed by atoms with E-state index in [2.05, 4.69) is 27.7 Å². The van der Waals surface area contributed by atoms with Crippen LogP contribution in [0.2, 0.25) is 0 Å². The number of methoxy groups -OCH3 is 1. The summed E-state index contributed by atoms with van der Waals surface area (Å²) in [5, 5.41) is 12.0. The highest BCUT2D eigenvalue weighted by atomic mass is 32.2. The van der Waals surface area contributed by atoms with Crippen LogP contribution in [0, 0.1) is 0 Å². The third-order valence-electron chi connectivity index (χ3n) is 3.60. The van der Waals surface area contributed by atoms with Crippen LogP contribution in [0.5, 0.6) is 0 Å². The van der Waals surface area contributed by atoms with Gasteiger partial charge in [-0.25, -0.2) is 0 Å². The van der Waals surface area contributed by atoms with Gasteiger partial charge in [0.2, 0.25) is 0 Å². The standard InChI is InChI=1S/C13H26O2S2/c1-9-10(2)17-12(8-16-9)11(14)6-7-13(3,4)15-5/h9-12,14H,6-8H2,1-5H3. The van der Waals surface area contributed by atoms with E-state index in [1.807, 2.05) is 23.5 Å². The highest BCUT2D eigenvalue weighted by Gasteiger charge is 2.31. The maximum absolute atomic E-state index is 10.2. The Hall–Kier alpha value is 0.620. The first-order valence-corrected chi connectivity index (χ1v) is 8.35. The fourth-order valence-corrected chi connectivity index (χ4v) is 4.85. The number of aliphatic hydroxyl groups excluding tert-OH is 1. The van der Waals surface area contributed by atoms with Gasteiger partial charge in [-0.15, -0.1) is 0 Å². The van der Waals surface area contributed by atoms with Gasteiger partial charge in [-0.1, -0.05) is 13.8 Å². The molecule has 4 unspecified atom stereocenters. The van der Waals surface area contributed by atoms with Crippen molar-refractivity contribution in [3.8, 4) is 0 Å². The summed E-state index contributed by atoms with van der Waals surface area (Å²) in [6.45, 7) is 8.69. The van der Waals surface area contributed by atoms with E-state index in [4.69, 9.17) is 4.74 Å². The maximum Gasteiger partial charge on any atom is 0.0668 e. The Morgan fingerprint density at radius 3 is 2.53 bits per heavy atom. The molecule has 1 saturated heterocycles. The van der Waals surface area contributed by atoms with Crippen molar-refractivity contribution in [1.29, 1.82) is 0 Å². The average molecular weight is 278 g/mol. The molecule has 0 amide bonds. The van der Waals surface area contributed by atoms with E-state index in [0.29, 0.717) is 15.7 Å². The summed E-state index contributed by atoms with van der Waals surface area (Å²) in [5.41, 5.74) is -0.119. The second-order valence-electron chi connectivity index (χ2n) is 5.49. The Morgan fingerprint density at radius 2 is 2.00 bits per heavy atom. The molecule has 0 saturated carbocycles. The van der Waals surface area contributed by atoms with E-state index in [-0.39, 0.29) is 11.7 Å². The van der Waals surface area contributed by atoms with Crippen LogP contribution in [0.25, 0.3) is 0 Å². The van der Waals surface area contributed by atoms with E-state index in [9.17, 15) is 5.11 Å². The molecule has 1 aliphatic heterocycles. The van der Waals surface area contributed by atoms with Gasteiger partial charge in [0, 0.05) is 28.6 Å². The van der Waals surface area contributed by atoms with Crippen molar-refractivity contribution in [2.45, 2.75) is 68.0 Å². The van der Waals surface area contributed by atoms with Gasteiger partial charge in [-0.05, 0) is 26.7 Å². The van der Waals surface area contributed by atoms with Crippen molar-refractivity contribution in [3.63, 3.8) is 0 Å². The minimum absolute atomic E-state index is 0.119. The quantitative estimate of drug-likeness (QED) is 0.836. The van der Waals surface area contributed by atoms with E-state index < -0.39 is 0 Å². The molecule has 0 aliphatic carbocycles. The lowest BCUT2D eigenvalue weighted by atomic mass is 9.99. The molecule has 17 heavy (non-hydrogen) atoms. The molecule has 4 atom stereocenters. The first-order chi connectivity index (χ1) is 7.85. The normalized spacial score (nSPS) is 32.5. The average Bonchev–Trinajstić information content (AvgIpc) is 2.30. The molecule has 1 heterocycles. The van der Waals surface area contributed by atoms with Crippen LogP contribution in [-0.4, -0.2) is 45.4 Å². The largest absolute Gasteiger partial charge is 0.392 e. The third kappa shape index (κ3) is 5.01. The topological polar surface area (TPSA) is 29.5 Å². The monoisotopic (exact) mass is 278 g/mol. The van der Waals surface area contributed by atoms with E-state index in [1.165, 1.54) is 0 Å².